The summed E-state index contributed by atoms with van der Waals surface area (Å²) in [6.45, 7) is 8.64. The predicted molar refractivity (Wildman–Crippen MR) is 67.5 cm³/mol. The number of hydrogen-bond acceptors (Lipinski definition) is 2. The van der Waals surface area contributed by atoms with Gasteiger partial charge in [-0.05, 0) is 51.5 Å². The van der Waals surface area contributed by atoms with Gasteiger partial charge in [0.05, 0.1) is 0 Å². The molecule has 3 rings (SSSR count). The van der Waals surface area contributed by atoms with Crippen LogP contribution in [0.2, 0.25) is 0 Å². The molecule has 2 saturated carbocycles. The van der Waals surface area contributed by atoms with E-state index in [-0.39, 0.29) is 0 Å². The van der Waals surface area contributed by atoms with Crippen LogP contribution in [-0.2, 0) is 0 Å². The highest BCUT2D eigenvalue weighted by Crippen LogP contribution is 2.41. The van der Waals surface area contributed by atoms with E-state index in [2.05, 4.69) is 24.1 Å². The molecule has 2 nitrogen and oxygen atoms in total. The summed E-state index contributed by atoms with van der Waals surface area (Å²) in [5.41, 5.74) is 0.427. The summed E-state index contributed by atoms with van der Waals surface area (Å²) in [6.07, 6.45) is 7.36. The van der Waals surface area contributed by atoms with E-state index in [1.165, 1.54) is 51.7 Å². The molecule has 1 saturated heterocycles. The van der Waals surface area contributed by atoms with E-state index in [9.17, 15) is 0 Å². The topological polar surface area (TPSA) is 15.3 Å². The molecule has 1 aliphatic heterocycles. The summed E-state index contributed by atoms with van der Waals surface area (Å²) < 4.78 is 0. The molecule has 16 heavy (non-hydrogen) atoms. The zero-order chi connectivity index (χ0) is 11.2. The number of nitrogens with zero attached hydrogens (tertiary/aromatic N) is 1. The van der Waals surface area contributed by atoms with Crippen molar-refractivity contribution in [1.29, 1.82) is 0 Å². The Morgan fingerprint density at radius 1 is 1.25 bits per heavy atom. The average Bonchev–Trinajstić information content (AvgIpc) is 3.13. The number of rotatable bonds is 4. The van der Waals surface area contributed by atoms with Gasteiger partial charge in [-0.1, -0.05) is 12.8 Å². The van der Waals surface area contributed by atoms with E-state index >= 15 is 0 Å². The van der Waals surface area contributed by atoms with Crippen molar-refractivity contribution in [2.45, 2.75) is 57.5 Å². The molecule has 2 atom stereocenters. The van der Waals surface area contributed by atoms with Crippen molar-refractivity contribution in [2.75, 3.05) is 19.6 Å². The summed E-state index contributed by atoms with van der Waals surface area (Å²) >= 11 is 0. The third-order valence-corrected chi connectivity index (χ3v) is 4.96. The van der Waals surface area contributed by atoms with Crippen molar-refractivity contribution < 1.29 is 0 Å². The predicted octanol–water partition coefficient (Wildman–Crippen LogP) is 2.25. The largest absolute Gasteiger partial charge is 0.308 e. The van der Waals surface area contributed by atoms with Crippen LogP contribution >= 0.6 is 0 Å². The van der Waals surface area contributed by atoms with Crippen molar-refractivity contribution in [1.82, 2.24) is 10.2 Å². The minimum absolute atomic E-state index is 0.427. The minimum atomic E-state index is 0.427. The average molecular weight is 222 g/mol. The Balaban J connectivity index is 1.56. The SMILES string of the molecule is CC1CNC(C)(C2CC2)CN1CCC1CC1. The second kappa shape index (κ2) is 3.99. The van der Waals surface area contributed by atoms with E-state index in [0.29, 0.717) is 5.54 Å². The van der Waals surface area contributed by atoms with Crippen LogP contribution in [0.15, 0.2) is 0 Å². The Morgan fingerprint density at radius 2 is 2.00 bits per heavy atom. The van der Waals surface area contributed by atoms with Crippen molar-refractivity contribution in [3.8, 4) is 0 Å². The molecule has 2 aliphatic carbocycles. The van der Waals surface area contributed by atoms with E-state index in [1.54, 1.807) is 0 Å². The van der Waals surface area contributed by atoms with Crippen molar-refractivity contribution in [3.63, 3.8) is 0 Å². The normalized spacial score (nSPS) is 41.2. The fourth-order valence-electron chi connectivity index (χ4n) is 3.19. The van der Waals surface area contributed by atoms with Crippen LogP contribution in [0, 0.1) is 11.8 Å². The fraction of sp³-hybridized carbons (Fsp3) is 1.00. The second-order valence-corrected chi connectivity index (χ2v) is 6.62. The van der Waals surface area contributed by atoms with Crippen LogP contribution in [-0.4, -0.2) is 36.1 Å². The second-order valence-electron chi connectivity index (χ2n) is 6.62. The van der Waals surface area contributed by atoms with Gasteiger partial charge in [0.2, 0.25) is 0 Å². The monoisotopic (exact) mass is 222 g/mol. The molecule has 2 unspecified atom stereocenters. The van der Waals surface area contributed by atoms with Crippen LogP contribution in [0.5, 0.6) is 0 Å². The summed E-state index contributed by atoms with van der Waals surface area (Å²) in [4.78, 5) is 2.74. The fourth-order valence-corrected chi connectivity index (χ4v) is 3.19. The third kappa shape index (κ3) is 2.28. The van der Waals surface area contributed by atoms with Gasteiger partial charge in [-0.3, -0.25) is 4.90 Å². The molecule has 0 aromatic carbocycles. The summed E-state index contributed by atoms with van der Waals surface area (Å²) in [6, 6.07) is 0.741. The first-order chi connectivity index (χ1) is 7.67. The van der Waals surface area contributed by atoms with Gasteiger partial charge in [0, 0.05) is 24.7 Å². The molecule has 1 heterocycles. The minimum Gasteiger partial charge on any atom is -0.308 e. The molecule has 3 fully saturated rings. The van der Waals surface area contributed by atoms with Gasteiger partial charge in [-0.2, -0.15) is 0 Å². The smallest absolute Gasteiger partial charge is 0.0309 e. The molecule has 92 valence electrons. The Kier molecular flexibility index (Phi) is 2.75. The third-order valence-electron chi connectivity index (χ3n) is 4.96. The maximum atomic E-state index is 3.80. The Hall–Kier alpha value is -0.0800. The Bertz CT molecular complexity index is 257. The molecule has 1 N–H and O–H groups in total. The highest BCUT2D eigenvalue weighted by molar-refractivity contribution is 5.03. The quantitative estimate of drug-likeness (QED) is 0.785. The zero-order valence-electron chi connectivity index (χ0n) is 10.8. The van der Waals surface area contributed by atoms with Crippen molar-refractivity contribution in [2.24, 2.45) is 11.8 Å². The standard InChI is InChI=1S/C14H26N2/c1-11-9-15-14(2,13-5-6-13)10-16(11)8-7-12-3-4-12/h11-13,15H,3-10H2,1-2H3. The van der Waals surface area contributed by atoms with Crippen molar-refractivity contribution >= 4 is 0 Å². The maximum Gasteiger partial charge on any atom is 0.0309 e. The lowest BCUT2D eigenvalue weighted by Crippen LogP contribution is -2.63. The Labute approximate surface area is 99.8 Å². The van der Waals surface area contributed by atoms with Crippen LogP contribution < -0.4 is 5.32 Å². The van der Waals surface area contributed by atoms with E-state index in [4.69, 9.17) is 0 Å². The lowest BCUT2D eigenvalue weighted by Gasteiger charge is -2.45. The van der Waals surface area contributed by atoms with E-state index < -0.39 is 0 Å². The first-order valence-corrected chi connectivity index (χ1v) is 7.16. The summed E-state index contributed by atoms with van der Waals surface area (Å²) in [5, 5.41) is 3.80. The summed E-state index contributed by atoms with van der Waals surface area (Å²) in [7, 11) is 0. The molecule has 0 aromatic rings. The van der Waals surface area contributed by atoms with Gasteiger partial charge < -0.3 is 5.32 Å². The lowest BCUT2D eigenvalue weighted by molar-refractivity contribution is 0.0810. The molecule has 0 bridgehead atoms. The first-order valence-electron chi connectivity index (χ1n) is 7.16. The van der Waals surface area contributed by atoms with Crippen LogP contribution in [0.4, 0.5) is 0 Å². The van der Waals surface area contributed by atoms with Crippen molar-refractivity contribution in [3.05, 3.63) is 0 Å². The van der Waals surface area contributed by atoms with Gasteiger partial charge in [0.15, 0.2) is 0 Å². The highest BCUT2D eigenvalue weighted by atomic mass is 15.3. The molecule has 3 aliphatic rings. The molecule has 0 aromatic heterocycles. The van der Waals surface area contributed by atoms with Crippen LogP contribution in [0.25, 0.3) is 0 Å². The van der Waals surface area contributed by atoms with Gasteiger partial charge in [0.1, 0.15) is 0 Å². The van der Waals surface area contributed by atoms with Crippen LogP contribution in [0.3, 0.4) is 0 Å². The van der Waals surface area contributed by atoms with Gasteiger partial charge in [-0.15, -0.1) is 0 Å². The Morgan fingerprint density at radius 3 is 2.62 bits per heavy atom. The first kappa shape index (κ1) is 11.0. The highest BCUT2D eigenvalue weighted by Gasteiger charge is 2.45. The van der Waals surface area contributed by atoms with Gasteiger partial charge in [0.25, 0.3) is 0 Å². The summed E-state index contributed by atoms with van der Waals surface area (Å²) in [5.74, 6) is 2.04. The molecule has 0 amide bonds. The van der Waals surface area contributed by atoms with Gasteiger partial charge in [-0.25, -0.2) is 0 Å². The van der Waals surface area contributed by atoms with Crippen LogP contribution in [0.1, 0.15) is 46.0 Å². The van der Waals surface area contributed by atoms with Gasteiger partial charge >= 0.3 is 0 Å². The van der Waals surface area contributed by atoms with E-state index in [0.717, 1.165) is 17.9 Å². The molecular formula is C14H26N2. The lowest BCUT2D eigenvalue weighted by atomic mass is 9.91. The maximum absolute atomic E-state index is 3.80. The number of piperazine rings is 1. The molecular weight excluding hydrogens is 196 g/mol. The molecule has 0 spiro atoms. The van der Waals surface area contributed by atoms with E-state index in [1.807, 2.05) is 0 Å². The molecule has 0 radical (unpaired) electrons. The number of nitrogens with one attached hydrogen (secondary N) is 1. The zero-order valence-corrected chi connectivity index (χ0v) is 10.8. The number of hydrogen-bond donors (Lipinski definition) is 1. The molecule has 2 heteroatoms.